The fraction of sp³-hybridized carbons (Fsp3) is 0.346. The molecule has 34 heavy (non-hydrogen) atoms. The maximum Gasteiger partial charge on any atom is 0.227 e. The molecule has 8 heteroatoms. The summed E-state index contributed by atoms with van der Waals surface area (Å²) >= 11 is 1.63. The summed E-state index contributed by atoms with van der Waals surface area (Å²) in [6, 6.07) is 15.4. The maximum absolute atomic E-state index is 12.7. The first-order valence-electron chi connectivity index (χ1n) is 11.4. The van der Waals surface area contributed by atoms with Gasteiger partial charge in [-0.3, -0.25) is 4.79 Å². The summed E-state index contributed by atoms with van der Waals surface area (Å²) in [4.78, 5) is 17.3. The smallest absolute Gasteiger partial charge is 0.227 e. The molecule has 1 atom stereocenters. The number of nitrogens with zero attached hydrogens (tertiary/aromatic N) is 3. The molecule has 0 saturated heterocycles. The topological polar surface area (TPSA) is 78.3 Å². The van der Waals surface area contributed by atoms with E-state index in [-0.39, 0.29) is 5.78 Å². The predicted molar refractivity (Wildman–Crippen MR) is 135 cm³/mol. The number of hydrogen-bond acceptors (Lipinski definition) is 7. The molecule has 0 amide bonds. The number of fused-ring (bicyclic) bond motifs is 1. The molecule has 3 aromatic rings. The normalized spacial score (nSPS) is 15.0. The molecule has 0 aliphatic carbocycles. The van der Waals surface area contributed by atoms with Gasteiger partial charge in [-0.1, -0.05) is 61.5 Å². The van der Waals surface area contributed by atoms with Crippen LogP contribution in [0.1, 0.15) is 50.8 Å². The second-order valence-electron chi connectivity index (χ2n) is 8.17. The third-order valence-electron chi connectivity index (χ3n) is 5.68. The Balaban J connectivity index is 1.67. The van der Waals surface area contributed by atoms with Crippen LogP contribution in [0.3, 0.4) is 0 Å². The number of ether oxygens (including phenoxy) is 2. The molecule has 0 spiro atoms. The predicted octanol–water partition coefficient (Wildman–Crippen LogP) is 5.64. The average Bonchev–Trinajstić information content (AvgIpc) is 3.24. The highest BCUT2D eigenvalue weighted by molar-refractivity contribution is 7.99. The van der Waals surface area contributed by atoms with Crippen molar-refractivity contribution in [3.63, 3.8) is 0 Å². The lowest BCUT2D eigenvalue weighted by Crippen LogP contribution is -2.27. The van der Waals surface area contributed by atoms with E-state index in [1.807, 2.05) is 55.5 Å². The minimum atomic E-state index is -0.404. The fourth-order valence-electron chi connectivity index (χ4n) is 3.97. The largest absolute Gasteiger partial charge is 0.493 e. The number of Topliss-reactive ketones (excluding diaryl/α,β-unsaturated/α-hetero) is 1. The lowest BCUT2D eigenvalue weighted by atomic mass is 9.93. The number of rotatable bonds is 10. The van der Waals surface area contributed by atoms with Crippen molar-refractivity contribution in [2.75, 3.05) is 18.2 Å². The summed E-state index contributed by atoms with van der Waals surface area (Å²) in [7, 11) is 1.62. The molecule has 0 fully saturated rings. The Morgan fingerprint density at radius 3 is 2.68 bits per heavy atom. The second kappa shape index (κ2) is 10.8. The summed E-state index contributed by atoms with van der Waals surface area (Å²) in [5.74, 6) is 2.82. The van der Waals surface area contributed by atoms with Gasteiger partial charge in [-0.2, -0.15) is 4.98 Å². The molecule has 178 valence electrons. The van der Waals surface area contributed by atoms with E-state index in [4.69, 9.17) is 14.6 Å². The number of anilines is 1. The lowest BCUT2D eigenvalue weighted by Gasteiger charge is -2.28. The molecular formula is C26H30N4O3S. The van der Waals surface area contributed by atoms with Crippen molar-refractivity contribution in [3.05, 3.63) is 70.9 Å². The number of allylic oxidation sites excluding steroid dienone is 2. The lowest BCUT2D eigenvalue weighted by molar-refractivity contribution is -0.114. The summed E-state index contributed by atoms with van der Waals surface area (Å²) in [6.07, 6.45) is 2.22. The second-order valence-corrected chi connectivity index (χ2v) is 9.23. The molecule has 1 N–H and O–H groups in total. The van der Waals surface area contributed by atoms with Crippen molar-refractivity contribution in [1.82, 2.24) is 14.8 Å². The molecule has 7 nitrogen and oxygen atoms in total. The Bertz CT molecular complexity index is 1190. The van der Waals surface area contributed by atoms with E-state index in [0.717, 1.165) is 35.4 Å². The van der Waals surface area contributed by atoms with Crippen LogP contribution in [0.2, 0.25) is 0 Å². The number of thioether (sulfide) groups is 1. The molecular weight excluding hydrogens is 448 g/mol. The highest BCUT2D eigenvalue weighted by Crippen LogP contribution is 2.39. The zero-order chi connectivity index (χ0) is 24.1. The Kier molecular flexibility index (Phi) is 7.57. The first-order valence-corrected chi connectivity index (χ1v) is 12.4. The van der Waals surface area contributed by atoms with Crippen LogP contribution in [0.4, 0.5) is 5.95 Å². The Morgan fingerprint density at radius 2 is 1.97 bits per heavy atom. The van der Waals surface area contributed by atoms with Crippen LogP contribution in [-0.2, 0) is 11.4 Å². The number of nitrogens with one attached hydrogen (secondary N) is 1. The number of unbranched alkanes of at least 4 members (excludes halogenated alkanes) is 1. The van der Waals surface area contributed by atoms with Crippen LogP contribution in [-0.4, -0.2) is 33.4 Å². The van der Waals surface area contributed by atoms with Gasteiger partial charge in [0.1, 0.15) is 12.6 Å². The molecule has 1 aliphatic rings. The highest BCUT2D eigenvalue weighted by atomic mass is 32.2. The first-order chi connectivity index (χ1) is 16.5. The van der Waals surface area contributed by atoms with Gasteiger partial charge < -0.3 is 14.8 Å². The van der Waals surface area contributed by atoms with Gasteiger partial charge in [-0.25, -0.2) is 4.68 Å². The number of aromatic nitrogens is 3. The first kappa shape index (κ1) is 23.9. The number of carbonyl (C=O) groups is 1. The summed E-state index contributed by atoms with van der Waals surface area (Å²) in [5, 5.41) is 8.71. The van der Waals surface area contributed by atoms with Gasteiger partial charge in [0.15, 0.2) is 17.3 Å². The molecule has 1 aliphatic heterocycles. The van der Waals surface area contributed by atoms with Crippen molar-refractivity contribution in [2.45, 2.75) is 51.4 Å². The van der Waals surface area contributed by atoms with Gasteiger partial charge >= 0.3 is 0 Å². The van der Waals surface area contributed by atoms with Gasteiger partial charge in [0.2, 0.25) is 11.1 Å². The number of methoxy groups -OCH3 is 1. The maximum atomic E-state index is 12.7. The Labute approximate surface area is 204 Å². The minimum Gasteiger partial charge on any atom is -0.493 e. The number of hydrogen-bond donors (Lipinski definition) is 1. The van der Waals surface area contributed by atoms with E-state index >= 15 is 0 Å². The number of benzene rings is 2. The van der Waals surface area contributed by atoms with E-state index < -0.39 is 6.04 Å². The van der Waals surface area contributed by atoms with Gasteiger partial charge in [0.05, 0.1) is 7.11 Å². The van der Waals surface area contributed by atoms with E-state index in [2.05, 4.69) is 17.2 Å². The van der Waals surface area contributed by atoms with Crippen LogP contribution >= 0.6 is 11.8 Å². The third kappa shape index (κ3) is 5.12. The Morgan fingerprint density at radius 1 is 1.18 bits per heavy atom. The monoisotopic (exact) mass is 478 g/mol. The van der Waals surface area contributed by atoms with Gasteiger partial charge in [0, 0.05) is 17.0 Å². The van der Waals surface area contributed by atoms with Crippen molar-refractivity contribution in [1.29, 1.82) is 0 Å². The van der Waals surface area contributed by atoms with Crippen molar-refractivity contribution in [2.24, 2.45) is 0 Å². The Hall–Kier alpha value is -3.26. The van der Waals surface area contributed by atoms with Crippen LogP contribution in [0.5, 0.6) is 11.5 Å². The van der Waals surface area contributed by atoms with Gasteiger partial charge in [-0.15, -0.1) is 5.10 Å². The summed E-state index contributed by atoms with van der Waals surface area (Å²) < 4.78 is 13.5. The molecule has 0 saturated carbocycles. The van der Waals surface area contributed by atoms with Crippen LogP contribution in [0.25, 0.3) is 0 Å². The molecule has 4 rings (SSSR count). The van der Waals surface area contributed by atoms with Gasteiger partial charge in [0.25, 0.3) is 0 Å². The molecule has 1 unspecified atom stereocenters. The standard InChI is InChI=1S/C26H30N4O3S/c1-5-6-14-34-26-28-25-27-17(2)23(18(3)31)24(30(25)29-26)20-12-13-21(22(15-20)32-4)33-16-19-10-8-7-9-11-19/h7-13,15,24H,5-6,14,16H2,1-4H3,(H,27,28,29). The zero-order valence-electron chi connectivity index (χ0n) is 20.0. The van der Waals surface area contributed by atoms with Crippen LogP contribution in [0.15, 0.2) is 65.0 Å². The average molecular weight is 479 g/mol. The van der Waals surface area contributed by atoms with E-state index in [1.165, 1.54) is 0 Å². The molecule has 2 heterocycles. The molecule has 1 aromatic heterocycles. The van der Waals surface area contributed by atoms with Gasteiger partial charge in [-0.05, 0) is 43.5 Å². The van der Waals surface area contributed by atoms with E-state index in [1.54, 1.807) is 30.5 Å². The van der Waals surface area contributed by atoms with Crippen LogP contribution < -0.4 is 14.8 Å². The SMILES string of the molecule is CCCCSc1nc2n(n1)C(c1ccc(OCc3ccccc3)c(OC)c1)C(C(C)=O)=C(C)N2. The molecule has 2 aromatic carbocycles. The van der Waals surface area contributed by atoms with Crippen molar-refractivity contribution in [3.8, 4) is 11.5 Å². The molecule has 0 radical (unpaired) electrons. The zero-order valence-corrected chi connectivity index (χ0v) is 20.8. The summed E-state index contributed by atoms with van der Waals surface area (Å²) in [5.41, 5.74) is 3.39. The molecule has 0 bridgehead atoms. The highest BCUT2D eigenvalue weighted by Gasteiger charge is 2.33. The quantitative estimate of drug-likeness (QED) is 0.299. The number of carbonyl (C=O) groups excluding carboxylic acids is 1. The minimum absolute atomic E-state index is 0.0142. The van der Waals surface area contributed by atoms with E-state index in [0.29, 0.717) is 34.8 Å². The number of ketones is 1. The fourth-order valence-corrected chi connectivity index (χ4v) is 4.89. The van der Waals surface area contributed by atoms with Crippen molar-refractivity contribution < 1.29 is 14.3 Å². The van der Waals surface area contributed by atoms with E-state index in [9.17, 15) is 4.79 Å². The third-order valence-corrected chi connectivity index (χ3v) is 6.61. The summed E-state index contributed by atoms with van der Waals surface area (Å²) in [6.45, 7) is 6.09. The van der Waals surface area contributed by atoms with Crippen LogP contribution in [0, 0.1) is 0 Å². The van der Waals surface area contributed by atoms with Crippen molar-refractivity contribution >= 4 is 23.5 Å².